The quantitative estimate of drug-likeness (QED) is 0.482. The van der Waals surface area contributed by atoms with Gasteiger partial charge >= 0.3 is 12.1 Å². The third-order valence-electron chi connectivity index (χ3n) is 5.82. The summed E-state index contributed by atoms with van der Waals surface area (Å²) >= 11 is 0. The second kappa shape index (κ2) is 10.2. The Balaban J connectivity index is 1.72. The van der Waals surface area contributed by atoms with Gasteiger partial charge in [0.2, 0.25) is 0 Å². The number of aromatic nitrogens is 1. The van der Waals surface area contributed by atoms with Gasteiger partial charge in [-0.1, -0.05) is 30.4 Å². The molecule has 1 aromatic carbocycles. The minimum Gasteiger partial charge on any atom is -0.453 e. The number of amides is 1. The predicted molar refractivity (Wildman–Crippen MR) is 136 cm³/mol. The maximum Gasteiger partial charge on any atom is 0.408 e. The number of nitrogens with zero attached hydrogens (tertiary/aromatic N) is 1. The summed E-state index contributed by atoms with van der Waals surface area (Å²) in [5.74, 6) is -0.360. The molecular weight excluding hydrogens is 444 g/mol. The fraction of sp³-hybridized carbons (Fsp3) is 0.500. The fourth-order valence-corrected chi connectivity index (χ4v) is 3.60. The number of ketones is 1. The largest absolute Gasteiger partial charge is 0.453 e. The summed E-state index contributed by atoms with van der Waals surface area (Å²) in [5, 5.41) is 3.77. The van der Waals surface area contributed by atoms with Gasteiger partial charge in [0, 0.05) is 11.3 Å². The highest BCUT2D eigenvalue weighted by molar-refractivity contribution is 5.87. The van der Waals surface area contributed by atoms with Crippen molar-refractivity contribution in [1.29, 1.82) is 0 Å². The molecule has 7 nitrogen and oxygen atoms in total. The first-order valence-corrected chi connectivity index (χ1v) is 12.1. The lowest BCUT2D eigenvalue weighted by Gasteiger charge is -2.22. The van der Waals surface area contributed by atoms with E-state index in [0.29, 0.717) is 5.69 Å². The molecule has 0 spiro atoms. The summed E-state index contributed by atoms with van der Waals surface area (Å²) in [6.07, 6.45) is 4.35. The van der Waals surface area contributed by atoms with Crippen LogP contribution in [0.4, 0.5) is 4.79 Å². The summed E-state index contributed by atoms with van der Waals surface area (Å²) in [6, 6.07) is 9.35. The van der Waals surface area contributed by atoms with Gasteiger partial charge in [-0.3, -0.25) is 14.6 Å². The Morgan fingerprint density at radius 1 is 1.09 bits per heavy atom. The minimum absolute atomic E-state index is 0.104. The normalized spacial score (nSPS) is 16.1. The Kier molecular flexibility index (Phi) is 7.68. The number of rotatable bonds is 8. The molecule has 0 radical (unpaired) electrons. The molecule has 1 N–H and O–H groups in total. The van der Waals surface area contributed by atoms with Crippen molar-refractivity contribution in [2.45, 2.75) is 79.1 Å². The number of Topliss-reactive ketones (excluding diaryl/α,β-unsaturated/α-hetero) is 1. The van der Waals surface area contributed by atoms with E-state index in [9.17, 15) is 14.4 Å². The number of carbonyl (C=O) groups is 3. The zero-order valence-electron chi connectivity index (χ0n) is 21.7. The second-order valence-corrected chi connectivity index (χ2v) is 10.9. The highest BCUT2D eigenvalue weighted by Crippen LogP contribution is 2.36. The van der Waals surface area contributed by atoms with Crippen molar-refractivity contribution in [1.82, 2.24) is 10.3 Å². The van der Waals surface area contributed by atoms with Crippen LogP contribution in [0.1, 0.15) is 78.6 Å². The first-order valence-electron chi connectivity index (χ1n) is 12.1. The van der Waals surface area contributed by atoms with Crippen LogP contribution in [0.25, 0.3) is 17.0 Å². The minimum atomic E-state index is -0.890. The van der Waals surface area contributed by atoms with Gasteiger partial charge in [0.1, 0.15) is 5.60 Å². The number of benzene rings is 1. The summed E-state index contributed by atoms with van der Waals surface area (Å²) in [6.45, 7) is 12.3. The van der Waals surface area contributed by atoms with Crippen molar-refractivity contribution < 1.29 is 23.9 Å². The van der Waals surface area contributed by atoms with Crippen LogP contribution in [0.5, 0.6) is 0 Å². The SMILES string of the molecule is CC(=O)C(OC(=O)C(C)(C)/C=C/c1ccc2ccc([C@@H](C)NC(=O)OC(C)(C)C)nc2c1)C1CC1. The van der Waals surface area contributed by atoms with Gasteiger partial charge < -0.3 is 14.8 Å². The molecule has 1 saturated carbocycles. The van der Waals surface area contributed by atoms with Crippen molar-refractivity contribution in [2.75, 3.05) is 0 Å². The maximum atomic E-state index is 12.8. The van der Waals surface area contributed by atoms with Crippen molar-refractivity contribution in [3.05, 3.63) is 47.7 Å². The van der Waals surface area contributed by atoms with Crippen molar-refractivity contribution in [3.63, 3.8) is 0 Å². The number of carbonyl (C=O) groups excluding carboxylic acids is 3. The average Bonchev–Trinajstić information content (AvgIpc) is 3.58. The molecule has 2 aromatic rings. The standard InChI is InChI=1S/C28H36N2O5/c1-17(29-26(33)35-27(3,4)5)22-13-12-20-9-8-19(16-23(20)30-22)14-15-28(6,7)25(32)34-24(18(2)31)21-10-11-21/h8-9,12-17,21,24H,10-11H2,1-7H3,(H,29,33)/b15-14+/t17-,24?/m1/s1. The zero-order chi connectivity index (χ0) is 26.0. The maximum absolute atomic E-state index is 12.8. The lowest BCUT2D eigenvalue weighted by molar-refractivity contribution is -0.162. The number of alkyl carbamates (subject to hydrolysis) is 1. The summed E-state index contributed by atoms with van der Waals surface area (Å²) < 4.78 is 10.9. The fourth-order valence-electron chi connectivity index (χ4n) is 3.60. The van der Waals surface area contributed by atoms with E-state index in [2.05, 4.69) is 5.32 Å². The topological polar surface area (TPSA) is 94.6 Å². The first-order chi connectivity index (χ1) is 16.2. The lowest BCUT2D eigenvalue weighted by Crippen LogP contribution is -2.34. The third-order valence-corrected chi connectivity index (χ3v) is 5.82. The van der Waals surface area contributed by atoms with Crippen LogP contribution < -0.4 is 5.32 Å². The summed E-state index contributed by atoms with van der Waals surface area (Å²) in [7, 11) is 0. The number of esters is 1. The molecule has 0 aliphatic heterocycles. The Bertz CT molecular complexity index is 1140. The first kappa shape index (κ1) is 26.4. The van der Waals surface area contributed by atoms with Crippen LogP contribution in [0.3, 0.4) is 0 Å². The van der Waals surface area contributed by atoms with Gasteiger partial charge in [-0.25, -0.2) is 4.79 Å². The monoisotopic (exact) mass is 480 g/mol. The second-order valence-electron chi connectivity index (χ2n) is 10.9. The van der Waals surface area contributed by atoms with E-state index < -0.39 is 29.2 Å². The van der Waals surface area contributed by atoms with E-state index in [0.717, 1.165) is 29.3 Å². The van der Waals surface area contributed by atoms with E-state index in [1.807, 2.05) is 64.1 Å². The van der Waals surface area contributed by atoms with E-state index in [1.54, 1.807) is 19.9 Å². The number of nitrogens with one attached hydrogen (secondary N) is 1. The average molecular weight is 481 g/mol. The Morgan fingerprint density at radius 3 is 2.34 bits per heavy atom. The van der Waals surface area contributed by atoms with Crippen LogP contribution >= 0.6 is 0 Å². The molecular formula is C28H36N2O5. The van der Waals surface area contributed by atoms with Crippen LogP contribution in [0.2, 0.25) is 0 Å². The zero-order valence-corrected chi connectivity index (χ0v) is 21.7. The molecule has 1 aliphatic rings. The molecule has 1 heterocycles. The van der Waals surface area contributed by atoms with E-state index in [4.69, 9.17) is 14.5 Å². The molecule has 3 rings (SSSR count). The lowest BCUT2D eigenvalue weighted by atomic mass is 9.92. The van der Waals surface area contributed by atoms with E-state index in [1.165, 1.54) is 6.92 Å². The summed E-state index contributed by atoms with van der Waals surface area (Å²) in [4.78, 5) is 41.4. The van der Waals surface area contributed by atoms with Crippen LogP contribution in [-0.2, 0) is 19.1 Å². The number of hydrogen-bond acceptors (Lipinski definition) is 6. The van der Waals surface area contributed by atoms with E-state index >= 15 is 0 Å². The van der Waals surface area contributed by atoms with Crippen molar-refractivity contribution in [2.24, 2.45) is 11.3 Å². The van der Waals surface area contributed by atoms with Gasteiger partial charge in [0.25, 0.3) is 0 Å². The van der Waals surface area contributed by atoms with Gasteiger partial charge in [0.15, 0.2) is 11.9 Å². The molecule has 1 aliphatic carbocycles. The molecule has 188 valence electrons. The smallest absolute Gasteiger partial charge is 0.408 e. The number of hydrogen-bond donors (Lipinski definition) is 1. The Morgan fingerprint density at radius 2 is 1.74 bits per heavy atom. The Hall–Kier alpha value is -3.22. The van der Waals surface area contributed by atoms with Gasteiger partial charge in [-0.15, -0.1) is 0 Å². The van der Waals surface area contributed by atoms with Crippen molar-refractivity contribution in [3.8, 4) is 0 Å². The van der Waals surface area contributed by atoms with Crippen LogP contribution in [0, 0.1) is 11.3 Å². The van der Waals surface area contributed by atoms with Crippen LogP contribution in [0.15, 0.2) is 36.4 Å². The van der Waals surface area contributed by atoms with E-state index in [-0.39, 0.29) is 17.7 Å². The molecule has 1 fully saturated rings. The predicted octanol–water partition coefficient (Wildman–Crippen LogP) is 5.77. The van der Waals surface area contributed by atoms with Crippen molar-refractivity contribution >= 4 is 34.8 Å². The molecule has 0 bridgehead atoms. The molecule has 2 atom stereocenters. The molecule has 1 aromatic heterocycles. The Labute approximate surface area is 207 Å². The highest BCUT2D eigenvalue weighted by atomic mass is 16.6. The molecule has 0 saturated heterocycles. The van der Waals surface area contributed by atoms with Gasteiger partial charge in [-0.2, -0.15) is 0 Å². The number of pyridine rings is 1. The molecule has 1 amide bonds. The highest BCUT2D eigenvalue weighted by Gasteiger charge is 2.39. The van der Waals surface area contributed by atoms with Gasteiger partial charge in [-0.05, 0) is 79.0 Å². The van der Waals surface area contributed by atoms with Crippen LogP contribution in [-0.4, -0.2) is 34.5 Å². The van der Waals surface area contributed by atoms with Gasteiger partial charge in [0.05, 0.1) is 22.7 Å². The molecule has 35 heavy (non-hydrogen) atoms. The third kappa shape index (κ3) is 7.38. The summed E-state index contributed by atoms with van der Waals surface area (Å²) in [5.41, 5.74) is 0.893. The number of fused-ring (bicyclic) bond motifs is 1. The molecule has 1 unspecified atom stereocenters. The number of ether oxygens (including phenoxy) is 2. The molecule has 7 heteroatoms.